The Balaban J connectivity index is 1.98. The van der Waals surface area contributed by atoms with Crippen LogP contribution < -0.4 is 10.6 Å². The van der Waals surface area contributed by atoms with E-state index < -0.39 is 0 Å². The molecule has 0 aliphatic carbocycles. The summed E-state index contributed by atoms with van der Waals surface area (Å²) >= 11 is 6.09. The lowest BCUT2D eigenvalue weighted by Gasteiger charge is -2.32. The highest BCUT2D eigenvalue weighted by Crippen LogP contribution is 2.25. The molecule has 1 heterocycles. The molecule has 2 rings (SSSR count). The molecule has 120 valence electrons. The molecule has 5 nitrogen and oxygen atoms in total. The number of aryl methyl sites for hydroxylation is 1. The number of nitrogens with zero attached hydrogens (tertiary/aromatic N) is 1. The molecular weight excluding hydrogens is 302 g/mol. The first-order chi connectivity index (χ1) is 10.2. The number of carbonyl (C=O) groups is 2. The summed E-state index contributed by atoms with van der Waals surface area (Å²) in [7, 11) is 0. The fourth-order valence-corrected chi connectivity index (χ4v) is 2.85. The Kier molecular flexibility index (Phi) is 4.66. The molecule has 3 amide bonds. The molecule has 0 bridgehead atoms. The van der Waals surface area contributed by atoms with E-state index in [9.17, 15) is 9.59 Å². The average Bonchev–Trinajstić information content (AvgIpc) is 2.75. The molecule has 1 atom stereocenters. The molecule has 1 fully saturated rings. The minimum Gasteiger partial charge on any atom is -0.336 e. The molecule has 0 radical (unpaired) electrons. The smallest absolute Gasteiger partial charge is 0.319 e. The zero-order valence-corrected chi connectivity index (χ0v) is 14.1. The van der Waals surface area contributed by atoms with E-state index in [-0.39, 0.29) is 23.5 Å². The van der Waals surface area contributed by atoms with Crippen molar-refractivity contribution in [2.24, 2.45) is 0 Å². The van der Waals surface area contributed by atoms with Crippen molar-refractivity contribution in [3.63, 3.8) is 0 Å². The SMILES string of the molecule is Cc1cccc(Cl)c1NC(=O)N[C@@H]1CC(=O)N(C(C)(C)C)C1. The van der Waals surface area contributed by atoms with Crippen molar-refractivity contribution < 1.29 is 9.59 Å². The maximum Gasteiger partial charge on any atom is 0.319 e. The highest BCUT2D eigenvalue weighted by Gasteiger charge is 2.36. The third-order valence-corrected chi connectivity index (χ3v) is 4.05. The molecule has 0 spiro atoms. The Labute approximate surface area is 136 Å². The van der Waals surface area contributed by atoms with Gasteiger partial charge < -0.3 is 15.5 Å². The van der Waals surface area contributed by atoms with E-state index in [0.717, 1.165) is 5.56 Å². The first-order valence-electron chi connectivity index (χ1n) is 7.31. The fourth-order valence-electron chi connectivity index (χ4n) is 2.58. The first kappa shape index (κ1) is 16.6. The van der Waals surface area contributed by atoms with Gasteiger partial charge in [0.05, 0.1) is 16.8 Å². The van der Waals surface area contributed by atoms with Gasteiger partial charge in [-0.1, -0.05) is 23.7 Å². The van der Waals surface area contributed by atoms with E-state index >= 15 is 0 Å². The monoisotopic (exact) mass is 323 g/mol. The van der Waals surface area contributed by atoms with E-state index in [1.54, 1.807) is 11.0 Å². The van der Waals surface area contributed by atoms with Crippen LogP contribution in [0.1, 0.15) is 32.8 Å². The summed E-state index contributed by atoms with van der Waals surface area (Å²) in [5, 5.41) is 6.10. The molecule has 0 aromatic heterocycles. The molecule has 1 aromatic carbocycles. The van der Waals surface area contributed by atoms with E-state index in [4.69, 9.17) is 11.6 Å². The molecule has 1 aliphatic rings. The Morgan fingerprint density at radius 1 is 1.36 bits per heavy atom. The second-order valence-electron chi connectivity index (χ2n) is 6.61. The summed E-state index contributed by atoms with van der Waals surface area (Å²) in [6, 6.07) is 4.91. The van der Waals surface area contributed by atoms with Gasteiger partial charge in [0, 0.05) is 18.5 Å². The molecular formula is C16H22ClN3O2. The van der Waals surface area contributed by atoms with Crippen LogP contribution in [0.4, 0.5) is 10.5 Å². The fraction of sp³-hybridized carbons (Fsp3) is 0.500. The number of urea groups is 1. The number of para-hydroxylation sites is 1. The van der Waals surface area contributed by atoms with Crippen LogP contribution >= 0.6 is 11.6 Å². The largest absolute Gasteiger partial charge is 0.336 e. The highest BCUT2D eigenvalue weighted by atomic mass is 35.5. The normalized spacial score (nSPS) is 18.5. The summed E-state index contributed by atoms with van der Waals surface area (Å²) < 4.78 is 0. The number of amides is 3. The van der Waals surface area contributed by atoms with Crippen LogP contribution in [-0.2, 0) is 4.79 Å². The van der Waals surface area contributed by atoms with Crippen LogP contribution in [0.2, 0.25) is 5.02 Å². The maximum atomic E-state index is 12.1. The number of carbonyl (C=O) groups excluding carboxylic acids is 2. The maximum absolute atomic E-state index is 12.1. The Hall–Kier alpha value is -1.75. The molecule has 1 aromatic rings. The number of hydrogen-bond donors (Lipinski definition) is 2. The summed E-state index contributed by atoms with van der Waals surface area (Å²) in [5.41, 5.74) is 1.25. The lowest BCUT2D eigenvalue weighted by atomic mass is 10.1. The van der Waals surface area contributed by atoms with Crippen LogP contribution in [0.3, 0.4) is 0 Å². The van der Waals surface area contributed by atoms with Gasteiger partial charge in [0.25, 0.3) is 0 Å². The standard InChI is InChI=1S/C16H22ClN3O2/c1-10-6-5-7-12(17)14(10)19-15(22)18-11-8-13(21)20(9-11)16(2,3)4/h5-7,11H,8-9H2,1-4H3,(H2,18,19,22)/t11-/m1/s1. The van der Waals surface area contributed by atoms with Crippen LogP contribution in [0.15, 0.2) is 18.2 Å². The van der Waals surface area contributed by atoms with Crippen molar-refractivity contribution in [3.8, 4) is 0 Å². The van der Waals surface area contributed by atoms with Gasteiger partial charge in [0.2, 0.25) is 5.91 Å². The number of anilines is 1. The van der Waals surface area contributed by atoms with E-state index in [1.165, 1.54) is 0 Å². The molecule has 0 saturated carbocycles. The molecule has 2 N–H and O–H groups in total. The van der Waals surface area contributed by atoms with E-state index in [1.807, 2.05) is 39.8 Å². The second kappa shape index (κ2) is 6.16. The number of rotatable bonds is 2. The zero-order valence-electron chi connectivity index (χ0n) is 13.4. The summed E-state index contributed by atoms with van der Waals surface area (Å²) in [4.78, 5) is 25.9. The van der Waals surface area contributed by atoms with Crippen molar-refractivity contribution in [3.05, 3.63) is 28.8 Å². The Morgan fingerprint density at radius 3 is 2.59 bits per heavy atom. The van der Waals surface area contributed by atoms with Crippen molar-refractivity contribution >= 4 is 29.2 Å². The van der Waals surface area contributed by atoms with E-state index in [0.29, 0.717) is 23.7 Å². The molecule has 6 heteroatoms. The number of nitrogens with one attached hydrogen (secondary N) is 2. The average molecular weight is 324 g/mol. The Morgan fingerprint density at radius 2 is 2.05 bits per heavy atom. The van der Waals surface area contributed by atoms with Gasteiger partial charge in [-0.05, 0) is 39.3 Å². The highest BCUT2D eigenvalue weighted by molar-refractivity contribution is 6.33. The summed E-state index contributed by atoms with van der Waals surface area (Å²) in [6.07, 6.45) is 0.326. The summed E-state index contributed by atoms with van der Waals surface area (Å²) in [5.74, 6) is 0.0618. The molecule has 1 saturated heterocycles. The third kappa shape index (κ3) is 3.71. The minimum absolute atomic E-state index is 0.0618. The minimum atomic E-state index is -0.343. The quantitative estimate of drug-likeness (QED) is 0.878. The predicted octanol–water partition coefficient (Wildman–Crippen LogP) is 3.17. The van der Waals surface area contributed by atoms with Gasteiger partial charge in [-0.2, -0.15) is 0 Å². The molecule has 0 unspecified atom stereocenters. The van der Waals surface area contributed by atoms with E-state index in [2.05, 4.69) is 10.6 Å². The number of halogens is 1. The number of likely N-dealkylation sites (tertiary alicyclic amines) is 1. The second-order valence-corrected chi connectivity index (χ2v) is 7.01. The van der Waals surface area contributed by atoms with Gasteiger partial charge in [-0.25, -0.2) is 4.79 Å². The number of hydrogen-bond acceptors (Lipinski definition) is 2. The van der Waals surface area contributed by atoms with Gasteiger partial charge in [-0.3, -0.25) is 4.79 Å². The predicted molar refractivity (Wildman–Crippen MR) is 88.2 cm³/mol. The van der Waals surface area contributed by atoms with Crippen molar-refractivity contribution in [2.75, 3.05) is 11.9 Å². The lowest BCUT2D eigenvalue weighted by Crippen LogP contribution is -2.45. The zero-order chi connectivity index (χ0) is 16.5. The summed E-state index contributed by atoms with van der Waals surface area (Å²) in [6.45, 7) is 8.36. The van der Waals surface area contributed by atoms with Crippen LogP contribution in [-0.4, -0.2) is 35.0 Å². The van der Waals surface area contributed by atoms with Crippen molar-refractivity contribution in [1.29, 1.82) is 0 Å². The van der Waals surface area contributed by atoms with Gasteiger partial charge in [-0.15, -0.1) is 0 Å². The third-order valence-electron chi connectivity index (χ3n) is 3.73. The van der Waals surface area contributed by atoms with Crippen molar-refractivity contribution in [1.82, 2.24) is 10.2 Å². The van der Waals surface area contributed by atoms with Gasteiger partial charge in [0.1, 0.15) is 0 Å². The molecule has 1 aliphatic heterocycles. The topological polar surface area (TPSA) is 61.4 Å². The first-order valence-corrected chi connectivity index (χ1v) is 7.69. The van der Waals surface area contributed by atoms with Crippen molar-refractivity contribution in [2.45, 2.75) is 45.7 Å². The van der Waals surface area contributed by atoms with Crippen LogP contribution in [0.5, 0.6) is 0 Å². The Bertz CT molecular complexity index is 575. The van der Waals surface area contributed by atoms with Gasteiger partial charge in [0.15, 0.2) is 0 Å². The van der Waals surface area contributed by atoms with Gasteiger partial charge >= 0.3 is 6.03 Å². The van der Waals surface area contributed by atoms with Crippen LogP contribution in [0.25, 0.3) is 0 Å². The van der Waals surface area contributed by atoms with Crippen LogP contribution in [0, 0.1) is 6.92 Å². The number of benzene rings is 1. The molecule has 22 heavy (non-hydrogen) atoms. The lowest BCUT2D eigenvalue weighted by molar-refractivity contribution is -0.131.